The molecule has 0 spiro atoms. The van der Waals surface area contributed by atoms with Gasteiger partial charge in [0, 0.05) is 26.7 Å². The number of hydrogen-bond acceptors (Lipinski definition) is 6. The fourth-order valence-electron chi connectivity index (χ4n) is 2.53. The van der Waals surface area contributed by atoms with Crippen LogP contribution >= 0.6 is 11.3 Å². The molecule has 0 saturated carbocycles. The van der Waals surface area contributed by atoms with Gasteiger partial charge in [-0.3, -0.25) is 4.79 Å². The number of rotatable bonds is 6. The number of nitrogens with zero attached hydrogens (tertiary/aromatic N) is 2. The molecule has 0 bridgehead atoms. The van der Waals surface area contributed by atoms with Crippen LogP contribution in [0.4, 0.5) is 0 Å². The van der Waals surface area contributed by atoms with E-state index in [9.17, 15) is 13.2 Å². The zero-order valence-electron chi connectivity index (χ0n) is 14.3. The summed E-state index contributed by atoms with van der Waals surface area (Å²) in [4.78, 5) is 14.6. The Kier molecular flexibility index (Phi) is 6.03. The molecule has 1 saturated heterocycles. The predicted molar refractivity (Wildman–Crippen MR) is 93.7 cm³/mol. The number of amides is 1. The molecule has 0 unspecified atom stereocenters. The van der Waals surface area contributed by atoms with Crippen molar-refractivity contribution in [2.75, 3.05) is 46.4 Å². The monoisotopic (exact) mass is 375 g/mol. The highest BCUT2D eigenvalue weighted by Gasteiger charge is 2.33. The molecule has 0 atom stereocenters. The first-order valence-electron chi connectivity index (χ1n) is 7.80. The van der Waals surface area contributed by atoms with Gasteiger partial charge in [-0.05, 0) is 23.4 Å². The fourth-order valence-corrected chi connectivity index (χ4v) is 5.33. The van der Waals surface area contributed by atoms with Crippen molar-refractivity contribution in [3.05, 3.63) is 16.3 Å². The summed E-state index contributed by atoms with van der Waals surface area (Å²) in [6.07, 6.45) is 0. The molecule has 1 amide bonds. The van der Waals surface area contributed by atoms with Crippen LogP contribution in [-0.2, 0) is 14.8 Å². The fraction of sp³-hybridized carbons (Fsp3) is 0.667. The van der Waals surface area contributed by atoms with Crippen molar-refractivity contribution in [2.24, 2.45) is 11.1 Å². The van der Waals surface area contributed by atoms with Gasteiger partial charge in [0.05, 0.1) is 13.2 Å². The van der Waals surface area contributed by atoms with Crippen molar-refractivity contribution in [2.45, 2.75) is 18.7 Å². The Morgan fingerprint density at radius 3 is 2.62 bits per heavy atom. The summed E-state index contributed by atoms with van der Waals surface area (Å²) in [5, 5.41) is 1.64. The van der Waals surface area contributed by atoms with Crippen molar-refractivity contribution < 1.29 is 17.9 Å². The van der Waals surface area contributed by atoms with Crippen molar-refractivity contribution in [1.29, 1.82) is 0 Å². The molecule has 1 fully saturated rings. The van der Waals surface area contributed by atoms with E-state index < -0.39 is 10.0 Å². The first-order valence-corrected chi connectivity index (χ1v) is 10.1. The molecule has 1 aliphatic rings. The van der Waals surface area contributed by atoms with Crippen molar-refractivity contribution in [3.63, 3.8) is 0 Å². The second-order valence-corrected chi connectivity index (χ2v) is 9.48. The third kappa shape index (κ3) is 4.15. The highest BCUT2D eigenvalue weighted by Crippen LogP contribution is 2.27. The van der Waals surface area contributed by atoms with Crippen LogP contribution in [0.2, 0.25) is 0 Å². The van der Waals surface area contributed by atoms with Crippen LogP contribution in [0.25, 0.3) is 0 Å². The van der Waals surface area contributed by atoms with Gasteiger partial charge in [-0.25, -0.2) is 8.42 Å². The van der Waals surface area contributed by atoms with Gasteiger partial charge in [-0.15, -0.1) is 11.3 Å². The van der Waals surface area contributed by atoms with E-state index in [1.54, 1.807) is 12.4 Å². The lowest BCUT2D eigenvalue weighted by molar-refractivity contribution is 0.0723. The molecule has 1 aromatic rings. The predicted octanol–water partition coefficient (Wildman–Crippen LogP) is 0.826. The maximum atomic E-state index is 12.8. The minimum Gasteiger partial charge on any atom is -0.379 e. The molecule has 136 valence electrons. The van der Waals surface area contributed by atoms with Crippen LogP contribution in [0.1, 0.15) is 23.5 Å². The zero-order chi connectivity index (χ0) is 18.0. The quantitative estimate of drug-likeness (QED) is 0.795. The summed E-state index contributed by atoms with van der Waals surface area (Å²) in [5.74, 6) is -0.293. The topological polar surface area (TPSA) is 92.9 Å². The van der Waals surface area contributed by atoms with Gasteiger partial charge in [0.2, 0.25) is 10.0 Å². The molecule has 0 aliphatic carbocycles. The third-order valence-electron chi connectivity index (χ3n) is 3.98. The molecular weight excluding hydrogens is 350 g/mol. The number of morpholine rings is 1. The largest absolute Gasteiger partial charge is 0.379 e. The van der Waals surface area contributed by atoms with Crippen LogP contribution in [0.5, 0.6) is 0 Å². The lowest BCUT2D eigenvalue weighted by Crippen LogP contribution is -2.42. The van der Waals surface area contributed by atoms with Gasteiger partial charge >= 0.3 is 0 Å². The number of sulfonamides is 1. The molecular formula is C15H25N3O4S2. The number of hydrogen-bond donors (Lipinski definition) is 1. The van der Waals surface area contributed by atoms with E-state index in [0.29, 0.717) is 39.4 Å². The molecule has 2 N–H and O–H groups in total. The third-order valence-corrected chi connectivity index (χ3v) is 6.95. The maximum Gasteiger partial charge on any atom is 0.265 e. The van der Waals surface area contributed by atoms with E-state index in [1.807, 2.05) is 13.8 Å². The Morgan fingerprint density at radius 1 is 1.42 bits per heavy atom. The SMILES string of the molecule is CN(CC(C)(C)CN)C(=O)c1sccc1S(=O)(=O)N1CCOCC1. The molecule has 9 heteroatoms. The van der Waals surface area contributed by atoms with Crippen LogP contribution in [0.3, 0.4) is 0 Å². The van der Waals surface area contributed by atoms with Crippen LogP contribution < -0.4 is 5.73 Å². The maximum absolute atomic E-state index is 12.8. The number of ether oxygens (including phenoxy) is 1. The number of nitrogens with two attached hydrogens (primary N) is 1. The normalized spacial score (nSPS) is 17.0. The number of carbonyl (C=O) groups excluding carboxylic acids is 1. The minimum atomic E-state index is -3.69. The van der Waals surface area contributed by atoms with E-state index in [4.69, 9.17) is 10.5 Å². The number of thiophene rings is 1. The van der Waals surface area contributed by atoms with Gasteiger partial charge in [0.1, 0.15) is 9.77 Å². The lowest BCUT2D eigenvalue weighted by atomic mass is 9.93. The molecule has 1 aromatic heterocycles. The minimum absolute atomic E-state index is 0.0804. The smallest absolute Gasteiger partial charge is 0.265 e. The highest BCUT2D eigenvalue weighted by atomic mass is 32.2. The molecule has 24 heavy (non-hydrogen) atoms. The molecule has 1 aliphatic heterocycles. The summed E-state index contributed by atoms with van der Waals surface area (Å²) in [7, 11) is -2.01. The molecule has 7 nitrogen and oxygen atoms in total. The molecule has 2 heterocycles. The Balaban J connectivity index is 2.24. The first-order chi connectivity index (χ1) is 11.2. The summed E-state index contributed by atoms with van der Waals surface area (Å²) >= 11 is 1.15. The Labute approximate surface area is 147 Å². The van der Waals surface area contributed by atoms with E-state index >= 15 is 0 Å². The van der Waals surface area contributed by atoms with Crippen LogP contribution in [0, 0.1) is 5.41 Å². The zero-order valence-corrected chi connectivity index (χ0v) is 16.0. The summed E-state index contributed by atoms with van der Waals surface area (Å²) < 4.78 is 32.2. The Morgan fingerprint density at radius 2 is 2.04 bits per heavy atom. The van der Waals surface area contributed by atoms with E-state index in [2.05, 4.69) is 0 Å². The Hall–Kier alpha value is -1.00. The van der Waals surface area contributed by atoms with Gasteiger partial charge < -0.3 is 15.4 Å². The van der Waals surface area contributed by atoms with E-state index in [-0.39, 0.29) is 21.1 Å². The second kappa shape index (κ2) is 7.49. The molecule has 2 rings (SSSR count). The average Bonchev–Trinajstić information content (AvgIpc) is 3.05. The summed E-state index contributed by atoms with van der Waals surface area (Å²) in [6.45, 7) is 6.19. The highest BCUT2D eigenvalue weighted by molar-refractivity contribution is 7.89. The van der Waals surface area contributed by atoms with Gasteiger partial charge in [-0.2, -0.15) is 4.31 Å². The van der Waals surface area contributed by atoms with E-state index in [0.717, 1.165) is 11.3 Å². The lowest BCUT2D eigenvalue weighted by Gasteiger charge is -2.29. The van der Waals surface area contributed by atoms with Gasteiger partial charge in [0.25, 0.3) is 5.91 Å². The average molecular weight is 376 g/mol. The first kappa shape index (κ1) is 19.3. The second-order valence-electron chi connectivity index (χ2n) is 6.66. The standard InChI is InChI=1S/C15H25N3O4S2/c1-15(2,10-16)11-17(3)14(19)13-12(4-9-23-13)24(20,21)18-5-7-22-8-6-18/h4,9H,5-8,10-11,16H2,1-3H3. The molecule has 0 aromatic carbocycles. The van der Waals surface area contributed by atoms with Crippen molar-refractivity contribution in [3.8, 4) is 0 Å². The van der Waals surface area contributed by atoms with Crippen molar-refractivity contribution in [1.82, 2.24) is 9.21 Å². The van der Waals surface area contributed by atoms with Gasteiger partial charge in [-0.1, -0.05) is 13.8 Å². The van der Waals surface area contributed by atoms with Crippen LogP contribution in [-0.4, -0.2) is 70.0 Å². The summed E-state index contributed by atoms with van der Waals surface area (Å²) in [5.41, 5.74) is 5.49. The molecule has 0 radical (unpaired) electrons. The Bertz CT molecular complexity index is 679. The summed E-state index contributed by atoms with van der Waals surface area (Å²) in [6, 6.07) is 1.50. The van der Waals surface area contributed by atoms with Gasteiger partial charge in [0.15, 0.2) is 0 Å². The number of carbonyl (C=O) groups is 1. The van der Waals surface area contributed by atoms with Crippen LogP contribution in [0.15, 0.2) is 16.3 Å². The van der Waals surface area contributed by atoms with E-state index in [1.165, 1.54) is 15.3 Å². The van der Waals surface area contributed by atoms with Crippen molar-refractivity contribution >= 4 is 27.3 Å².